The van der Waals surface area contributed by atoms with Gasteiger partial charge in [0.2, 0.25) is 10.0 Å². The van der Waals surface area contributed by atoms with Gasteiger partial charge < -0.3 is 9.80 Å². The van der Waals surface area contributed by atoms with Gasteiger partial charge in [0, 0.05) is 32.4 Å². The van der Waals surface area contributed by atoms with E-state index in [1.807, 2.05) is 9.80 Å². The molecular formula is C18H22F3N5O2S. The molecule has 3 rings (SSSR count). The number of rotatable bonds is 6. The molecule has 158 valence electrons. The van der Waals surface area contributed by atoms with E-state index in [0.717, 1.165) is 12.3 Å². The summed E-state index contributed by atoms with van der Waals surface area (Å²) < 4.78 is 64.1. The Kier molecular flexibility index (Phi) is 6.15. The lowest BCUT2D eigenvalue weighted by Crippen LogP contribution is -2.47. The molecule has 0 radical (unpaired) electrons. The molecule has 0 aliphatic carbocycles. The molecule has 2 aromatic heterocycles. The minimum absolute atomic E-state index is 0.0503. The number of aromatic nitrogens is 2. The number of sulfonamides is 1. The number of piperazine rings is 1. The molecule has 29 heavy (non-hydrogen) atoms. The second kappa shape index (κ2) is 8.44. The highest BCUT2D eigenvalue weighted by Gasteiger charge is 2.31. The van der Waals surface area contributed by atoms with Crippen LogP contribution in [0.2, 0.25) is 0 Å². The molecular weight excluding hydrogens is 407 g/mol. The molecule has 0 spiro atoms. The van der Waals surface area contributed by atoms with E-state index in [1.54, 1.807) is 19.1 Å². The molecule has 0 aromatic carbocycles. The van der Waals surface area contributed by atoms with E-state index >= 15 is 0 Å². The van der Waals surface area contributed by atoms with Crippen molar-refractivity contribution in [2.75, 3.05) is 46.5 Å². The average Bonchev–Trinajstić information content (AvgIpc) is 2.68. The van der Waals surface area contributed by atoms with Gasteiger partial charge in [-0.15, -0.1) is 0 Å². The van der Waals surface area contributed by atoms with E-state index in [0.29, 0.717) is 49.9 Å². The van der Waals surface area contributed by atoms with Crippen LogP contribution in [0, 0.1) is 0 Å². The number of alkyl halides is 3. The molecule has 3 heterocycles. The Morgan fingerprint density at radius 3 is 1.93 bits per heavy atom. The summed E-state index contributed by atoms with van der Waals surface area (Å²) >= 11 is 0. The van der Waals surface area contributed by atoms with Gasteiger partial charge >= 0.3 is 6.18 Å². The maximum Gasteiger partial charge on any atom is 0.417 e. The standard InChI is InChI=1S/C18H22F3N5O2S/c1-2-11-29(27,28)24-15-4-6-17(23-13-15)26-9-7-25(8-10-26)16-5-3-14(12-22-16)18(19,20)21/h3-6,12-13,24H,2,7-11H2,1H3. The van der Waals surface area contributed by atoms with Gasteiger partial charge in [-0.1, -0.05) is 6.92 Å². The zero-order chi connectivity index (χ0) is 21.1. The summed E-state index contributed by atoms with van der Waals surface area (Å²) in [5, 5.41) is 0. The summed E-state index contributed by atoms with van der Waals surface area (Å²) in [6, 6.07) is 5.83. The first-order chi connectivity index (χ1) is 13.7. The lowest BCUT2D eigenvalue weighted by Gasteiger charge is -2.36. The summed E-state index contributed by atoms with van der Waals surface area (Å²) in [6.07, 6.45) is -1.54. The fourth-order valence-electron chi connectivity index (χ4n) is 3.04. The van der Waals surface area contributed by atoms with Gasteiger partial charge in [-0.05, 0) is 30.7 Å². The van der Waals surface area contributed by atoms with E-state index in [1.165, 1.54) is 12.3 Å². The SMILES string of the molecule is CCCS(=O)(=O)Nc1ccc(N2CCN(c3ccc(C(F)(F)F)cn3)CC2)nc1. The number of halogens is 3. The van der Waals surface area contributed by atoms with Gasteiger partial charge in [-0.3, -0.25) is 4.72 Å². The smallest absolute Gasteiger partial charge is 0.353 e. The third kappa shape index (κ3) is 5.49. The van der Waals surface area contributed by atoms with Gasteiger partial charge in [0.05, 0.1) is 23.2 Å². The summed E-state index contributed by atoms with van der Waals surface area (Å²) in [6.45, 7) is 4.21. The van der Waals surface area contributed by atoms with Gasteiger partial charge in [0.1, 0.15) is 11.6 Å². The molecule has 0 unspecified atom stereocenters. The van der Waals surface area contributed by atoms with Crippen LogP contribution in [0.4, 0.5) is 30.5 Å². The molecule has 7 nitrogen and oxygen atoms in total. The van der Waals surface area contributed by atoms with Crippen LogP contribution in [-0.2, 0) is 16.2 Å². The van der Waals surface area contributed by atoms with Crippen molar-refractivity contribution < 1.29 is 21.6 Å². The van der Waals surface area contributed by atoms with Crippen molar-refractivity contribution in [3.63, 3.8) is 0 Å². The van der Waals surface area contributed by atoms with Crippen molar-refractivity contribution in [2.45, 2.75) is 19.5 Å². The molecule has 1 fully saturated rings. The first-order valence-corrected chi connectivity index (χ1v) is 10.8. The van der Waals surface area contributed by atoms with E-state index in [2.05, 4.69) is 14.7 Å². The lowest BCUT2D eigenvalue weighted by atomic mass is 10.2. The Morgan fingerprint density at radius 1 is 0.966 bits per heavy atom. The van der Waals surface area contributed by atoms with Gasteiger partial charge in [-0.2, -0.15) is 13.2 Å². The van der Waals surface area contributed by atoms with Gasteiger partial charge in [0.25, 0.3) is 0 Å². The van der Waals surface area contributed by atoms with Crippen molar-refractivity contribution in [3.05, 3.63) is 42.2 Å². The zero-order valence-electron chi connectivity index (χ0n) is 15.9. The summed E-state index contributed by atoms with van der Waals surface area (Å²) in [7, 11) is -3.36. The Morgan fingerprint density at radius 2 is 1.52 bits per heavy atom. The second-order valence-corrected chi connectivity index (χ2v) is 8.54. The number of anilines is 3. The minimum atomic E-state index is -4.40. The van der Waals surface area contributed by atoms with Crippen molar-refractivity contribution >= 4 is 27.3 Å². The number of hydrogen-bond acceptors (Lipinski definition) is 6. The number of pyridine rings is 2. The lowest BCUT2D eigenvalue weighted by molar-refractivity contribution is -0.137. The third-order valence-electron chi connectivity index (χ3n) is 4.50. The van der Waals surface area contributed by atoms with Crippen molar-refractivity contribution in [3.8, 4) is 0 Å². The molecule has 0 saturated carbocycles. The fourth-order valence-corrected chi connectivity index (χ4v) is 4.16. The predicted molar refractivity (Wildman–Crippen MR) is 106 cm³/mol. The highest BCUT2D eigenvalue weighted by molar-refractivity contribution is 7.92. The molecule has 2 aromatic rings. The highest BCUT2D eigenvalue weighted by atomic mass is 32.2. The zero-order valence-corrected chi connectivity index (χ0v) is 16.7. The maximum atomic E-state index is 12.7. The summed E-state index contributed by atoms with van der Waals surface area (Å²) in [5.74, 6) is 1.27. The van der Waals surface area contributed by atoms with Crippen molar-refractivity contribution in [1.82, 2.24) is 9.97 Å². The van der Waals surface area contributed by atoms with Crippen LogP contribution in [0.15, 0.2) is 36.7 Å². The molecule has 1 N–H and O–H groups in total. The van der Waals surface area contributed by atoms with E-state index in [-0.39, 0.29) is 5.75 Å². The predicted octanol–water partition coefficient (Wildman–Crippen LogP) is 2.97. The van der Waals surface area contributed by atoms with Crippen LogP contribution in [0.5, 0.6) is 0 Å². The van der Waals surface area contributed by atoms with Crippen LogP contribution < -0.4 is 14.5 Å². The quantitative estimate of drug-likeness (QED) is 0.761. The highest BCUT2D eigenvalue weighted by Crippen LogP contribution is 2.29. The van der Waals surface area contributed by atoms with Crippen molar-refractivity contribution in [1.29, 1.82) is 0 Å². The molecule has 0 atom stereocenters. The van der Waals surface area contributed by atoms with Crippen LogP contribution >= 0.6 is 0 Å². The number of hydrogen-bond donors (Lipinski definition) is 1. The van der Waals surface area contributed by atoms with Crippen LogP contribution in [0.1, 0.15) is 18.9 Å². The Labute approximate surface area is 167 Å². The Bertz CT molecular complexity index is 910. The number of nitrogens with one attached hydrogen (secondary N) is 1. The minimum Gasteiger partial charge on any atom is -0.353 e. The summed E-state index contributed by atoms with van der Waals surface area (Å²) in [4.78, 5) is 12.2. The first kappa shape index (κ1) is 21.2. The Hall–Kier alpha value is -2.56. The molecule has 0 bridgehead atoms. The summed E-state index contributed by atoms with van der Waals surface area (Å²) in [5.41, 5.74) is -0.353. The monoisotopic (exact) mass is 429 g/mol. The Balaban J connectivity index is 1.58. The van der Waals surface area contributed by atoms with Crippen LogP contribution in [-0.4, -0.2) is 50.3 Å². The molecule has 0 amide bonds. The largest absolute Gasteiger partial charge is 0.417 e. The molecule has 1 saturated heterocycles. The first-order valence-electron chi connectivity index (χ1n) is 9.17. The van der Waals surface area contributed by atoms with E-state index < -0.39 is 21.8 Å². The number of nitrogens with zero attached hydrogens (tertiary/aromatic N) is 4. The second-order valence-electron chi connectivity index (χ2n) is 6.70. The van der Waals surface area contributed by atoms with Gasteiger partial charge in [-0.25, -0.2) is 18.4 Å². The normalized spacial score (nSPS) is 15.4. The van der Waals surface area contributed by atoms with Crippen LogP contribution in [0.25, 0.3) is 0 Å². The molecule has 1 aliphatic heterocycles. The van der Waals surface area contributed by atoms with Gasteiger partial charge in [0.15, 0.2) is 0 Å². The van der Waals surface area contributed by atoms with E-state index in [9.17, 15) is 21.6 Å². The van der Waals surface area contributed by atoms with Crippen LogP contribution in [0.3, 0.4) is 0 Å². The van der Waals surface area contributed by atoms with Crippen molar-refractivity contribution in [2.24, 2.45) is 0 Å². The fraction of sp³-hybridized carbons (Fsp3) is 0.444. The van der Waals surface area contributed by atoms with E-state index in [4.69, 9.17) is 0 Å². The molecule has 11 heteroatoms. The maximum absolute atomic E-state index is 12.7. The topological polar surface area (TPSA) is 78.4 Å². The third-order valence-corrected chi connectivity index (χ3v) is 5.99. The average molecular weight is 429 g/mol. The molecule has 1 aliphatic rings.